The molecule has 0 bridgehead atoms. The molecule has 0 spiro atoms. The zero-order valence-electron chi connectivity index (χ0n) is 32.7. The number of anilines is 1. The van der Waals surface area contributed by atoms with E-state index in [0.29, 0.717) is 51.0 Å². The predicted molar refractivity (Wildman–Crippen MR) is 222 cm³/mol. The summed E-state index contributed by atoms with van der Waals surface area (Å²) in [4.78, 5) is 15.4. The Bertz CT molecular complexity index is 2030. The third kappa shape index (κ3) is 10.5. The Hall–Kier alpha value is -4.48. The van der Waals surface area contributed by atoms with Crippen molar-refractivity contribution >= 4 is 33.5 Å². The molecule has 3 aromatic carbocycles. The first-order chi connectivity index (χ1) is 27.3. The van der Waals surface area contributed by atoms with Crippen molar-refractivity contribution in [3.8, 4) is 0 Å². The number of carbonyl (C=O) groups is 1. The van der Waals surface area contributed by atoms with Crippen LogP contribution in [0.5, 0.6) is 0 Å². The Morgan fingerprint density at radius 3 is 2.73 bits per heavy atom. The molecule has 56 heavy (non-hydrogen) atoms. The second-order valence-electron chi connectivity index (χ2n) is 16.1. The number of allylic oxidation sites excluding steroid dienone is 2. The van der Waals surface area contributed by atoms with Gasteiger partial charge < -0.3 is 29.9 Å². The number of fused-ring (bicyclic) bond motifs is 2. The molecule has 2 aromatic heterocycles. The summed E-state index contributed by atoms with van der Waals surface area (Å²) >= 11 is 0. The summed E-state index contributed by atoms with van der Waals surface area (Å²) in [7, 11) is 0. The highest BCUT2D eigenvalue weighted by molar-refractivity contribution is 5.82. The number of hydrogen-bond donors (Lipinski definition) is 5. The van der Waals surface area contributed by atoms with E-state index in [4.69, 9.17) is 4.74 Å². The van der Waals surface area contributed by atoms with Crippen molar-refractivity contribution in [1.29, 1.82) is 0 Å². The van der Waals surface area contributed by atoms with Crippen LogP contribution >= 0.6 is 0 Å². The number of esters is 1. The van der Waals surface area contributed by atoms with Gasteiger partial charge >= 0.3 is 5.97 Å². The lowest BCUT2D eigenvalue weighted by Gasteiger charge is -2.33. The van der Waals surface area contributed by atoms with Gasteiger partial charge in [0.1, 0.15) is 0 Å². The minimum atomic E-state index is -0.550. The number of aromatic nitrogens is 3. The molecule has 5 N–H and O–H groups in total. The maximum atomic E-state index is 12.9. The molecule has 1 aliphatic heterocycles. The normalized spacial score (nSPS) is 22.9. The molecule has 1 aliphatic carbocycles. The van der Waals surface area contributed by atoms with Crippen LogP contribution in [0.25, 0.3) is 21.8 Å². The van der Waals surface area contributed by atoms with Gasteiger partial charge in [0, 0.05) is 42.8 Å². The van der Waals surface area contributed by atoms with Crippen LogP contribution in [0, 0.1) is 11.8 Å². The van der Waals surface area contributed by atoms with Gasteiger partial charge in [0.15, 0.2) is 6.23 Å². The molecule has 1 saturated heterocycles. The molecule has 298 valence electrons. The van der Waals surface area contributed by atoms with Crippen molar-refractivity contribution in [2.45, 2.75) is 115 Å². The zero-order valence-corrected chi connectivity index (χ0v) is 32.7. The van der Waals surface area contributed by atoms with Crippen LogP contribution in [-0.4, -0.2) is 78.4 Å². The number of carbonyl (C=O) groups excluding carboxylic acids is 1. The van der Waals surface area contributed by atoms with Crippen LogP contribution < -0.4 is 5.32 Å². The molecule has 1 unspecified atom stereocenters. The number of nitrogens with one attached hydrogen (secondary N) is 2. The number of rotatable bonds is 18. The number of aliphatic hydroxyl groups is 3. The number of piperidine rings is 1. The lowest BCUT2D eigenvalue weighted by atomic mass is 9.85. The standard InChI is InChI=1S/C46H59N5O5/c1-32(56-46(55)14-8-3-2-7-13-40-41(45(54)28-44(40)53)21-20-39(52)19-16-33-10-5-4-6-11-33)51-25-23-35-17-15-34(26-43(35)51)30-50-24-9-12-38(31-50)48-37-18-22-42-36(27-37)29-47-49-42/h2,4-7,10-11,15,17-18,22-23,25-27,29,32,38-41,44-45,48,52-54H,3,8-9,12-14,16,19-21,24,28,30-31H2,1H3,(H,47,49)/t32?,38-,39+,40-,41-,44-,45-/m1/s1. The van der Waals surface area contributed by atoms with Crippen LogP contribution in [-0.2, 0) is 22.5 Å². The highest BCUT2D eigenvalue weighted by Gasteiger charge is 2.40. The Kier molecular flexibility index (Phi) is 13.6. The summed E-state index contributed by atoms with van der Waals surface area (Å²) in [5.74, 6) is -0.288. The average Bonchev–Trinajstić information content (AvgIpc) is 3.91. The average molecular weight is 762 g/mol. The minimum absolute atomic E-state index is 0.0338. The van der Waals surface area contributed by atoms with Crippen LogP contribution in [0.2, 0.25) is 0 Å². The quantitative estimate of drug-likeness (QED) is 0.0346. The Morgan fingerprint density at radius 1 is 1.00 bits per heavy atom. The van der Waals surface area contributed by atoms with Gasteiger partial charge in [0.2, 0.25) is 0 Å². The van der Waals surface area contributed by atoms with Gasteiger partial charge in [-0.05, 0) is 136 Å². The van der Waals surface area contributed by atoms with E-state index in [1.165, 1.54) is 11.1 Å². The van der Waals surface area contributed by atoms with Crippen molar-refractivity contribution in [3.05, 3.63) is 108 Å². The summed E-state index contributed by atoms with van der Waals surface area (Å²) in [6, 6.07) is 25.6. The highest BCUT2D eigenvalue weighted by atomic mass is 16.6. The number of ether oxygens (including phenoxy) is 1. The first-order valence-corrected chi connectivity index (χ1v) is 20.7. The van der Waals surface area contributed by atoms with Gasteiger partial charge in [-0.25, -0.2) is 0 Å². The Morgan fingerprint density at radius 2 is 1.86 bits per heavy atom. The molecular weight excluding hydrogens is 703 g/mol. The van der Waals surface area contributed by atoms with Crippen molar-refractivity contribution in [2.24, 2.45) is 11.8 Å². The maximum absolute atomic E-state index is 12.9. The van der Waals surface area contributed by atoms with E-state index >= 15 is 0 Å². The third-order valence-corrected chi connectivity index (χ3v) is 12.0. The van der Waals surface area contributed by atoms with Crippen LogP contribution in [0.4, 0.5) is 5.69 Å². The molecule has 7 rings (SSSR count). The Labute approximate surface area is 330 Å². The molecule has 3 heterocycles. The summed E-state index contributed by atoms with van der Waals surface area (Å²) in [5, 5.41) is 45.1. The lowest BCUT2D eigenvalue weighted by Crippen LogP contribution is -2.41. The van der Waals surface area contributed by atoms with Crippen LogP contribution in [0.1, 0.15) is 88.5 Å². The van der Waals surface area contributed by atoms with Gasteiger partial charge in [-0.1, -0.05) is 54.6 Å². The molecular formula is C46H59N5O5. The number of aliphatic hydroxyl groups excluding tert-OH is 3. The monoisotopic (exact) mass is 761 g/mol. The van der Waals surface area contributed by atoms with Gasteiger partial charge in [-0.2, -0.15) is 5.10 Å². The van der Waals surface area contributed by atoms with E-state index in [1.54, 1.807) is 0 Å². The lowest BCUT2D eigenvalue weighted by molar-refractivity contribution is -0.152. The summed E-state index contributed by atoms with van der Waals surface area (Å²) < 4.78 is 7.94. The molecule has 7 atom stereocenters. The van der Waals surface area contributed by atoms with E-state index < -0.39 is 24.5 Å². The molecule has 5 aromatic rings. The number of hydrogen-bond acceptors (Lipinski definition) is 8. The number of unbranched alkanes of at least 4 members (excludes halogenated alkanes) is 1. The highest BCUT2D eigenvalue weighted by Crippen LogP contribution is 2.38. The Balaban J connectivity index is 0.830. The fraction of sp³-hybridized carbons (Fsp3) is 0.478. The van der Waals surface area contributed by atoms with Crippen molar-refractivity contribution in [3.63, 3.8) is 0 Å². The fourth-order valence-corrected chi connectivity index (χ4v) is 8.91. The number of H-pyrrole nitrogens is 1. The first-order valence-electron chi connectivity index (χ1n) is 20.7. The van der Waals surface area contributed by atoms with Crippen molar-refractivity contribution in [2.75, 3.05) is 18.4 Å². The first kappa shape index (κ1) is 39.7. The molecule has 10 heteroatoms. The molecule has 0 radical (unpaired) electrons. The van der Waals surface area contributed by atoms with E-state index in [1.807, 2.05) is 42.1 Å². The fourth-order valence-electron chi connectivity index (χ4n) is 8.91. The smallest absolute Gasteiger partial charge is 0.307 e. The van der Waals surface area contributed by atoms with E-state index in [0.717, 1.165) is 72.8 Å². The van der Waals surface area contributed by atoms with Gasteiger partial charge in [-0.15, -0.1) is 0 Å². The molecule has 1 saturated carbocycles. The summed E-state index contributed by atoms with van der Waals surface area (Å²) in [6.07, 6.45) is 14.0. The zero-order chi connectivity index (χ0) is 38.9. The topological polar surface area (TPSA) is 136 Å². The van der Waals surface area contributed by atoms with E-state index in [2.05, 4.69) is 87.2 Å². The molecule has 0 amide bonds. The van der Waals surface area contributed by atoms with Crippen LogP contribution in [0.3, 0.4) is 0 Å². The second kappa shape index (κ2) is 19.1. The summed E-state index contributed by atoms with van der Waals surface area (Å²) in [6.45, 7) is 4.82. The number of likely N-dealkylation sites (tertiary alicyclic amines) is 1. The van der Waals surface area contributed by atoms with Crippen molar-refractivity contribution in [1.82, 2.24) is 19.7 Å². The molecule has 10 nitrogen and oxygen atoms in total. The minimum Gasteiger partial charge on any atom is -0.441 e. The number of benzene rings is 3. The summed E-state index contributed by atoms with van der Waals surface area (Å²) in [5.41, 5.74) is 5.68. The molecule has 2 fully saturated rings. The van der Waals surface area contributed by atoms with E-state index in [-0.39, 0.29) is 17.8 Å². The van der Waals surface area contributed by atoms with E-state index in [9.17, 15) is 20.1 Å². The SMILES string of the molecule is CC(OC(=O)CCCC=CC[C@@H]1[C@@H](CC[C@@H](O)CCc2ccccc2)[C@H](O)C[C@H]1O)n1ccc2ccc(CN3CCC[C@@H](Nc4ccc5[nH]ncc5c4)C3)cc21. The largest absolute Gasteiger partial charge is 0.441 e. The maximum Gasteiger partial charge on any atom is 0.307 e. The van der Waals surface area contributed by atoms with Gasteiger partial charge in [0.25, 0.3) is 0 Å². The number of nitrogens with zero attached hydrogens (tertiary/aromatic N) is 3. The van der Waals surface area contributed by atoms with Gasteiger partial charge in [0.05, 0.1) is 35.5 Å². The number of aromatic amines is 1. The predicted octanol–water partition coefficient (Wildman–Crippen LogP) is 7.90. The van der Waals surface area contributed by atoms with Crippen LogP contribution in [0.15, 0.2) is 97.3 Å². The molecule has 2 aliphatic rings. The third-order valence-electron chi connectivity index (χ3n) is 12.0. The van der Waals surface area contributed by atoms with Crippen molar-refractivity contribution < 1.29 is 24.9 Å². The number of aryl methyl sites for hydroxylation is 1. The van der Waals surface area contributed by atoms with Gasteiger partial charge in [-0.3, -0.25) is 14.8 Å². The second-order valence-corrected chi connectivity index (χ2v) is 16.1.